The number of nitrogens with one attached hydrogen (secondary N) is 1. The highest BCUT2D eigenvalue weighted by Gasteiger charge is 2.60. The maximum absolute atomic E-state index is 10.7. The van der Waals surface area contributed by atoms with Crippen molar-refractivity contribution >= 4 is 17.7 Å². The van der Waals surface area contributed by atoms with E-state index in [1.165, 1.54) is 37.8 Å². The van der Waals surface area contributed by atoms with Gasteiger partial charge in [0.2, 0.25) is 0 Å². The number of rotatable bonds is 4. The number of hydrogen-bond donors (Lipinski definition) is 4. The van der Waals surface area contributed by atoms with Crippen molar-refractivity contribution in [3.63, 3.8) is 0 Å². The van der Waals surface area contributed by atoms with E-state index >= 15 is 0 Å². The first-order valence-corrected chi connectivity index (χ1v) is 13.9. The van der Waals surface area contributed by atoms with Gasteiger partial charge < -0.3 is 25.5 Å². The molecule has 4 N–H and O–H groups in total. The molecule has 0 spiro atoms. The van der Waals surface area contributed by atoms with Crippen molar-refractivity contribution in [1.29, 1.82) is 0 Å². The summed E-state index contributed by atoms with van der Waals surface area (Å²) in [6.07, 6.45) is 13.0. The molecule has 1 saturated heterocycles. The summed E-state index contributed by atoms with van der Waals surface area (Å²) < 4.78 is 0. The number of carboxylic acids is 2. The van der Waals surface area contributed by atoms with Gasteiger partial charge in [0.25, 0.3) is 0 Å². The van der Waals surface area contributed by atoms with Crippen LogP contribution < -0.4 is 5.32 Å². The Morgan fingerprint density at radius 3 is 2.35 bits per heavy atom. The SMILES string of the molecule is CC1(C)C2=CC[C@H]3[C@@H]4CC[C@H](O)[C@@]4(C)CC[C@@H]3[C@@]2(C)CC/C1=N\O[C@@H]1CCNC1.O=C(O)/C=C/C(=O)O. The minimum Gasteiger partial charge on any atom is -0.478 e. The molecular weight excluding hydrogens is 472 g/mol. The minimum atomic E-state index is -1.26. The maximum Gasteiger partial charge on any atom is 0.328 e. The third-order valence-electron chi connectivity index (χ3n) is 10.4. The number of oxime groups is 1. The average molecular weight is 517 g/mol. The van der Waals surface area contributed by atoms with E-state index in [-0.39, 0.29) is 28.5 Å². The van der Waals surface area contributed by atoms with E-state index in [0.29, 0.717) is 18.1 Å². The Morgan fingerprint density at radius 1 is 1.03 bits per heavy atom. The quantitative estimate of drug-likeness (QED) is 0.248. The van der Waals surface area contributed by atoms with Gasteiger partial charge in [0.15, 0.2) is 0 Å². The fraction of sp³-hybridized carbons (Fsp3) is 0.759. The van der Waals surface area contributed by atoms with Gasteiger partial charge >= 0.3 is 11.9 Å². The van der Waals surface area contributed by atoms with Crippen LogP contribution in [-0.2, 0) is 14.4 Å². The van der Waals surface area contributed by atoms with Crippen molar-refractivity contribution in [2.45, 2.75) is 91.3 Å². The van der Waals surface area contributed by atoms with Crippen LogP contribution in [0.25, 0.3) is 0 Å². The number of aliphatic hydroxyl groups excluding tert-OH is 1. The van der Waals surface area contributed by atoms with Crippen molar-refractivity contribution < 1.29 is 29.7 Å². The molecule has 4 aliphatic carbocycles. The first-order valence-electron chi connectivity index (χ1n) is 13.9. The monoisotopic (exact) mass is 516 g/mol. The summed E-state index contributed by atoms with van der Waals surface area (Å²) in [4.78, 5) is 25.1. The van der Waals surface area contributed by atoms with Gasteiger partial charge in [-0.1, -0.05) is 44.5 Å². The van der Waals surface area contributed by atoms with Gasteiger partial charge in [0.05, 0.1) is 11.8 Å². The molecule has 1 aliphatic heterocycles. The van der Waals surface area contributed by atoms with Crippen LogP contribution in [-0.4, -0.2) is 58.3 Å². The third kappa shape index (κ3) is 5.24. The maximum atomic E-state index is 10.7. The summed E-state index contributed by atoms with van der Waals surface area (Å²) in [5, 5.41) is 34.4. The van der Waals surface area contributed by atoms with Crippen molar-refractivity contribution in [3.05, 3.63) is 23.8 Å². The minimum absolute atomic E-state index is 0.0139. The number of allylic oxidation sites excluding steroid dienone is 2. The highest BCUT2D eigenvalue weighted by Crippen LogP contribution is 2.66. The zero-order valence-corrected chi connectivity index (χ0v) is 22.7. The number of aliphatic carboxylic acids is 2. The van der Waals surface area contributed by atoms with Crippen molar-refractivity contribution in [1.82, 2.24) is 5.32 Å². The number of carbonyl (C=O) groups is 2. The van der Waals surface area contributed by atoms with Crippen LogP contribution in [0.1, 0.15) is 79.1 Å². The fourth-order valence-corrected chi connectivity index (χ4v) is 8.36. The van der Waals surface area contributed by atoms with Crippen molar-refractivity contribution in [3.8, 4) is 0 Å². The highest BCUT2D eigenvalue weighted by atomic mass is 16.6. The molecule has 0 aromatic heterocycles. The van der Waals surface area contributed by atoms with Crippen LogP contribution in [0, 0.1) is 34.0 Å². The lowest BCUT2D eigenvalue weighted by atomic mass is 9.45. The van der Waals surface area contributed by atoms with E-state index in [1.807, 2.05) is 0 Å². The molecule has 206 valence electrons. The fourth-order valence-electron chi connectivity index (χ4n) is 8.36. The average Bonchev–Trinajstić information content (AvgIpc) is 3.45. The van der Waals surface area contributed by atoms with E-state index in [0.717, 1.165) is 44.2 Å². The summed E-state index contributed by atoms with van der Waals surface area (Å²) in [6.45, 7) is 11.6. The summed E-state index contributed by atoms with van der Waals surface area (Å²) >= 11 is 0. The summed E-state index contributed by atoms with van der Waals surface area (Å²) in [5.41, 5.74) is 3.27. The Labute approximate surface area is 220 Å². The zero-order valence-electron chi connectivity index (χ0n) is 22.7. The van der Waals surface area contributed by atoms with Gasteiger partial charge in [0.1, 0.15) is 6.10 Å². The standard InChI is InChI=1S/C25H40N2O2.C4H4O4/c1-23(2)20-7-5-17-18-6-8-22(28)25(18,4)12-9-19(17)24(20,3)13-10-21(23)27-29-16-11-14-26-15-16;5-3(6)1-2-4(7)8/h7,16-19,22,26,28H,5-6,8-15H2,1-4H3;1-2H,(H,5,6)(H,7,8)/b27-21+;2-1+/t16-,17+,18+,19+,22+,24-,25+;/m1./s1. The molecule has 5 rings (SSSR count). The predicted octanol–water partition coefficient (Wildman–Crippen LogP) is 4.39. The highest BCUT2D eigenvalue weighted by molar-refractivity contribution is 5.93. The van der Waals surface area contributed by atoms with Gasteiger partial charge in [-0.3, -0.25) is 0 Å². The molecule has 0 bridgehead atoms. The topological polar surface area (TPSA) is 128 Å². The lowest BCUT2D eigenvalue weighted by Gasteiger charge is -2.60. The van der Waals surface area contributed by atoms with E-state index in [2.05, 4.69) is 39.1 Å². The van der Waals surface area contributed by atoms with Crippen LogP contribution in [0.3, 0.4) is 0 Å². The van der Waals surface area contributed by atoms with Crippen molar-refractivity contribution in [2.75, 3.05) is 13.1 Å². The number of fused-ring (bicyclic) bond motifs is 5. The first kappa shape index (κ1) is 27.8. The molecule has 0 radical (unpaired) electrons. The third-order valence-corrected chi connectivity index (χ3v) is 10.4. The Bertz CT molecular complexity index is 965. The van der Waals surface area contributed by atoms with Crippen molar-refractivity contribution in [2.24, 2.45) is 39.2 Å². The molecule has 37 heavy (non-hydrogen) atoms. The van der Waals surface area contributed by atoms with Gasteiger partial charge in [-0.15, -0.1) is 0 Å². The number of carboxylic acid groups (broad SMARTS) is 2. The van der Waals surface area contributed by atoms with Gasteiger partial charge in [-0.2, -0.15) is 0 Å². The molecule has 8 nitrogen and oxygen atoms in total. The van der Waals surface area contributed by atoms with Crippen LogP contribution in [0.2, 0.25) is 0 Å². The Balaban J connectivity index is 0.000000349. The largest absolute Gasteiger partial charge is 0.478 e. The number of nitrogens with zero attached hydrogens (tertiary/aromatic N) is 1. The summed E-state index contributed by atoms with van der Waals surface area (Å²) in [7, 11) is 0. The molecule has 0 aromatic carbocycles. The summed E-state index contributed by atoms with van der Waals surface area (Å²) in [5.74, 6) is -0.316. The molecule has 7 atom stereocenters. The smallest absolute Gasteiger partial charge is 0.328 e. The number of aliphatic hydroxyl groups is 1. The van der Waals surface area contributed by atoms with Crippen LogP contribution in [0.15, 0.2) is 29.0 Å². The predicted molar refractivity (Wildman–Crippen MR) is 141 cm³/mol. The second kappa shape index (κ2) is 10.5. The normalized spacial score (nSPS) is 41.2. The molecule has 5 aliphatic rings. The molecule has 0 amide bonds. The Kier molecular flexibility index (Phi) is 7.92. The molecule has 0 aromatic rings. The molecular formula is C29H44N2O6. The van der Waals surface area contributed by atoms with Gasteiger partial charge in [0, 0.05) is 30.5 Å². The first-order chi connectivity index (χ1) is 17.4. The second-order valence-electron chi connectivity index (χ2n) is 12.7. The van der Waals surface area contributed by atoms with Crippen LogP contribution in [0.4, 0.5) is 0 Å². The lowest BCUT2D eigenvalue weighted by Crippen LogP contribution is -2.54. The summed E-state index contributed by atoms with van der Waals surface area (Å²) in [6, 6.07) is 0. The molecule has 0 unspecified atom stereocenters. The molecule has 4 fully saturated rings. The lowest BCUT2D eigenvalue weighted by molar-refractivity contribution is -0.134. The number of hydrogen-bond acceptors (Lipinski definition) is 6. The molecule has 8 heteroatoms. The van der Waals surface area contributed by atoms with Gasteiger partial charge in [-0.05, 0) is 80.1 Å². The van der Waals surface area contributed by atoms with Gasteiger partial charge in [-0.25, -0.2) is 9.59 Å². The van der Waals surface area contributed by atoms with E-state index in [4.69, 9.17) is 20.2 Å². The van der Waals surface area contributed by atoms with Crippen LogP contribution >= 0.6 is 0 Å². The molecule has 1 heterocycles. The molecule has 3 saturated carbocycles. The van der Waals surface area contributed by atoms with Crippen LogP contribution in [0.5, 0.6) is 0 Å². The zero-order chi connectivity index (χ0) is 27.0. The Hall–Kier alpha value is -2.19. The van der Waals surface area contributed by atoms with E-state index in [9.17, 15) is 14.7 Å². The van der Waals surface area contributed by atoms with E-state index in [1.54, 1.807) is 5.57 Å². The second-order valence-corrected chi connectivity index (χ2v) is 12.7. The Morgan fingerprint density at radius 2 is 1.73 bits per heavy atom. The van der Waals surface area contributed by atoms with E-state index < -0.39 is 11.9 Å².